The zero-order valence-corrected chi connectivity index (χ0v) is 9.62. The Hall–Kier alpha value is -1.32. The van der Waals surface area contributed by atoms with E-state index >= 15 is 0 Å². The van der Waals surface area contributed by atoms with Gasteiger partial charge >= 0.3 is 5.97 Å². The van der Waals surface area contributed by atoms with E-state index in [4.69, 9.17) is 5.11 Å². The molecule has 1 fully saturated rings. The second-order valence-electron chi connectivity index (χ2n) is 4.95. The van der Waals surface area contributed by atoms with Gasteiger partial charge in [-0.25, -0.2) is 4.98 Å². The molecule has 16 heavy (non-hydrogen) atoms. The molecule has 1 aliphatic carbocycles. The molecule has 4 heteroatoms. The van der Waals surface area contributed by atoms with Crippen LogP contribution >= 0.6 is 0 Å². The Kier molecular flexibility index (Phi) is 2.99. The topological polar surface area (TPSA) is 66.0 Å². The molecule has 0 radical (unpaired) electrons. The first-order chi connectivity index (χ1) is 7.60. The summed E-state index contributed by atoms with van der Waals surface area (Å²) in [5, 5.41) is 8.70. The predicted molar refractivity (Wildman–Crippen MR) is 60.4 cm³/mol. The molecule has 0 aromatic carbocycles. The standard InChI is InChI=1S/C12H18N2O2/c1-12(5-3-2-4-6-12)11-13-8-9(14-11)7-10(15)16/h8H,2-7H2,1H3,(H,13,14)(H,15,16). The summed E-state index contributed by atoms with van der Waals surface area (Å²) in [5.41, 5.74) is 0.823. The van der Waals surface area contributed by atoms with Crippen LogP contribution in [0.15, 0.2) is 6.20 Å². The average molecular weight is 222 g/mol. The van der Waals surface area contributed by atoms with Crippen LogP contribution in [0.3, 0.4) is 0 Å². The SMILES string of the molecule is CC1(c2ncc(CC(=O)O)[nH]2)CCCCC1. The van der Waals surface area contributed by atoms with Crippen molar-refractivity contribution in [3.8, 4) is 0 Å². The van der Waals surface area contributed by atoms with Gasteiger partial charge in [-0.1, -0.05) is 26.2 Å². The fraction of sp³-hybridized carbons (Fsp3) is 0.667. The van der Waals surface area contributed by atoms with E-state index in [-0.39, 0.29) is 11.8 Å². The Bertz CT molecular complexity index is 378. The lowest BCUT2D eigenvalue weighted by Crippen LogP contribution is -2.26. The van der Waals surface area contributed by atoms with Gasteiger partial charge in [0.05, 0.1) is 6.42 Å². The van der Waals surface area contributed by atoms with Gasteiger partial charge < -0.3 is 10.1 Å². The summed E-state index contributed by atoms with van der Waals surface area (Å²) < 4.78 is 0. The van der Waals surface area contributed by atoms with Crippen LogP contribution in [0.4, 0.5) is 0 Å². The van der Waals surface area contributed by atoms with E-state index in [9.17, 15) is 4.79 Å². The maximum absolute atomic E-state index is 10.6. The zero-order chi connectivity index (χ0) is 11.6. The molecule has 1 aromatic rings. The molecule has 0 unspecified atom stereocenters. The number of nitrogens with one attached hydrogen (secondary N) is 1. The minimum atomic E-state index is -0.816. The summed E-state index contributed by atoms with van der Waals surface area (Å²) in [6, 6.07) is 0. The number of nitrogens with zero attached hydrogens (tertiary/aromatic N) is 1. The molecule has 1 saturated carbocycles. The van der Waals surface area contributed by atoms with E-state index in [2.05, 4.69) is 16.9 Å². The summed E-state index contributed by atoms with van der Waals surface area (Å²) in [7, 11) is 0. The molecular weight excluding hydrogens is 204 g/mol. The van der Waals surface area contributed by atoms with Crippen molar-refractivity contribution < 1.29 is 9.90 Å². The number of carboxylic acid groups (broad SMARTS) is 1. The van der Waals surface area contributed by atoms with Gasteiger partial charge in [-0.2, -0.15) is 0 Å². The molecule has 1 heterocycles. The molecule has 0 atom stereocenters. The van der Waals surface area contributed by atoms with E-state index in [1.165, 1.54) is 19.3 Å². The minimum absolute atomic E-state index is 0.0308. The van der Waals surface area contributed by atoms with Gasteiger partial charge in [-0.05, 0) is 12.8 Å². The highest BCUT2D eigenvalue weighted by Crippen LogP contribution is 2.37. The van der Waals surface area contributed by atoms with Crippen molar-refractivity contribution in [3.63, 3.8) is 0 Å². The molecule has 2 rings (SSSR count). The summed E-state index contributed by atoms with van der Waals surface area (Å²) in [4.78, 5) is 18.1. The van der Waals surface area contributed by atoms with Gasteiger partial charge in [0.15, 0.2) is 0 Å². The van der Waals surface area contributed by atoms with Crippen LogP contribution in [0.5, 0.6) is 0 Å². The lowest BCUT2D eigenvalue weighted by Gasteiger charge is -2.31. The Balaban J connectivity index is 2.13. The van der Waals surface area contributed by atoms with Crippen molar-refractivity contribution >= 4 is 5.97 Å². The highest BCUT2D eigenvalue weighted by atomic mass is 16.4. The number of aromatic nitrogens is 2. The van der Waals surface area contributed by atoms with Crippen molar-refractivity contribution in [2.75, 3.05) is 0 Å². The van der Waals surface area contributed by atoms with E-state index < -0.39 is 5.97 Å². The number of H-pyrrole nitrogens is 1. The smallest absolute Gasteiger partial charge is 0.309 e. The molecule has 0 saturated heterocycles. The Morgan fingerprint density at radius 2 is 2.19 bits per heavy atom. The fourth-order valence-corrected chi connectivity index (χ4v) is 2.49. The number of imidazole rings is 1. The molecule has 0 spiro atoms. The van der Waals surface area contributed by atoms with Crippen LogP contribution in [-0.2, 0) is 16.6 Å². The van der Waals surface area contributed by atoms with Gasteiger partial charge in [0.1, 0.15) is 5.82 Å². The van der Waals surface area contributed by atoms with Crippen molar-refractivity contribution in [1.82, 2.24) is 9.97 Å². The van der Waals surface area contributed by atoms with Gasteiger partial charge in [-0.3, -0.25) is 4.79 Å². The normalized spacial score (nSPS) is 19.6. The third-order valence-corrected chi connectivity index (χ3v) is 3.50. The van der Waals surface area contributed by atoms with E-state index in [1.54, 1.807) is 6.20 Å². The van der Waals surface area contributed by atoms with Crippen LogP contribution in [0.2, 0.25) is 0 Å². The fourth-order valence-electron chi connectivity index (χ4n) is 2.49. The second-order valence-corrected chi connectivity index (χ2v) is 4.95. The first-order valence-electron chi connectivity index (χ1n) is 5.86. The third-order valence-electron chi connectivity index (χ3n) is 3.50. The van der Waals surface area contributed by atoms with Crippen LogP contribution in [0, 0.1) is 0 Å². The summed E-state index contributed by atoms with van der Waals surface area (Å²) in [6.07, 6.45) is 7.77. The largest absolute Gasteiger partial charge is 0.481 e. The van der Waals surface area contributed by atoms with E-state index in [1.807, 2.05) is 0 Å². The Labute approximate surface area is 95.1 Å². The molecule has 1 aliphatic rings. The van der Waals surface area contributed by atoms with Gasteiger partial charge in [0.2, 0.25) is 0 Å². The highest BCUT2D eigenvalue weighted by molar-refractivity contribution is 5.69. The van der Waals surface area contributed by atoms with Crippen molar-refractivity contribution in [3.05, 3.63) is 17.7 Å². The van der Waals surface area contributed by atoms with Gasteiger partial charge in [-0.15, -0.1) is 0 Å². The van der Waals surface area contributed by atoms with Crippen LogP contribution in [0.25, 0.3) is 0 Å². The number of carboxylic acids is 1. The summed E-state index contributed by atoms with van der Waals surface area (Å²) in [5.74, 6) is 0.146. The summed E-state index contributed by atoms with van der Waals surface area (Å²) >= 11 is 0. The molecule has 0 amide bonds. The molecule has 88 valence electrons. The first-order valence-corrected chi connectivity index (χ1v) is 5.86. The number of hydrogen-bond acceptors (Lipinski definition) is 2. The van der Waals surface area contributed by atoms with Crippen molar-refractivity contribution in [1.29, 1.82) is 0 Å². The van der Waals surface area contributed by atoms with Gasteiger partial charge in [0, 0.05) is 17.3 Å². The second kappa shape index (κ2) is 4.28. The van der Waals surface area contributed by atoms with Crippen molar-refractivity contribution in [2.45, 2.75) is 50.9 Å². The number of aromatic amines is 1. The van der Waals surface area contributed by atoms with Crippen LogP contribution < -0.4 is 0 Å². The van der Waals surface area contributed by atoms with Crippen LogP contribution in [0.1, 0.15) is 50.5 Å². The zero-order valence-electron chi connectivity index (χ0n) is 9.62. The van der Waals surface area contributed by atoms with E-state index in [0.717, 1.165) is 18.7 Å². The average Bonchev–Trinajstić information content (AvgIpc) is 2.67. The summed E-state index contributed by atoms with van der Waals surface area (Å²) in [6.45, 7) is 2.22. The molecule has 1 aromatic heterocycles. The number of carbonyl (C=O) groups is 1. The monoisotopic (exact) mass is 222 g/mol. The Morgan fingerprint density at radius 3 is 2.81 bits per heavy atom. The van der Waals surface area contributed by atoms with Crippen LogP contribution in [-0.4, -0.2) is 21.0 Å². The lowest BCUT2D eigenvalue weighted by atomic mass is 9.75. The molecular formula is C12H18N2O2. The maximum Gasteiger partial charge on any atom is 0.309 e. The quantitative estimate of drug-likeness (QED) is 0.824. The highest BCUT2D eigenvalue weighted by Gasteiger charge is 2.31. The van der Waals surface area contributed by atoms with E-state index in [0.29, 0.717) is 5.69 Å². The minimum Gasteiger partial charge on any atom is -0.481 e. The number of aliphatic carboxylic acids is 1. The first kappa shape index (κ1) is 11.2. The molecule has 0 bridgehead atoms. The molecule has 0 aliphatic heterocycles. The molecule has 2 N–H and O–H groups in total. The molecule has 4 nitrogen and oxygen atoms in total. The third kappa shape index (κ3) is 2.26. The number of rotatable bonds is 3. The van der Waals surface area contributed by atoms with Crippen molar-refractivity contribution in [2.24, 2.45) is 0 Å². The number of hydrogen-bond donors (Lipinski definition) is 2. The predicted octanol–water partition coefficient (Wildman–Crippen LogP) is 2.26. The lowest BCUT2D eigenvalue weighted by molar-refractivity contribution is -0.136. The maximum atomic E-state index is 10.6. The Morgan fingerprint density at radius 1 is 1.50 bits per heavy atom. The van der Waals surface area contributed by atoms with Gasteiger partial charge in [0.25, 0.3) is 0 Å².